The number of aromatic nitrogens is 2. The number of fused-ring (bicyclic) bond motifs is 1. The number of H-pyrrole nitrogens is 1. The molecule has 1 aliphatic heterocycles. The monoisotopic (exact) mass is 277 g/mol. The average molecular weight is 277 g/mol. The van der Waals surface area contributed by atoms with E-state index >= 15 is 0 Å². The molecule has 3 nitrogen and oxygen atoms in total. The van der Waals surface area contributed by atoms with E-state index in [1.165, 1.54) is 22.9 Å². The third kappa shape index (κ3) is 2.45. The number of nitrogens with one attached hydrogen (secondary N) is 1. The van der Waals surface area contributed by atoms with Gasteiger partial charge in [-0.2, -0.15) is 0 Å². The van der Waals surface area contributed by atoms with Crippen molar-refractivity contribution in [3.05, 3.63) is 66.1 Å². The van der Waals surface area contributed by atoms with Gasteiger partial charge in [0.05, 0.1) is 5.69 Å². The molecule has 1 atom stereocenters. The third-order valence-electron chi connectivity index (χ3n) is 4.45. The lowest BCUT2D eigenvalue weighted by Gasteiger charge is -2.15. The average Bonchev–Trinajstić information content (AvgIpc) is 3.14. The summed E-state index contributed by atoms with van der Waals surface area (Å²) in [5, 5.41) is 1.38. The van der Waals surface area contributed by atoms with E-state index in [0.717, 1.165) is 25.3 Å². The Balaban J connectivity index is 1.51. The highest BCUT2D eigenvalue weighted by atomic mass is 15.1. The van der Waals surface area contributed by atoms with Crippen LogP contribution in [-0.4, -0.2) is 28.0 Å². The van der Waals surface area contributed by atoms with Crippen molar-refractivity contribution in [1.82, 2.24) is 14.9 Å². The van der Waals surface area contributed by atoms with Crippen LogP contribution < -0.4 is 0 Å². The minimum atomic E-state index is 0.630. The molecule has 2 aromatic heterocycles. The van der Waals surface area contributed by atoms with E-state index in [1.54, 1.807) is 0 Å². The lowest BCUT2D eigenvalue weighted by Crippen LogP contribution is -2.20. The molecule has 3 heteroatoms. The van der Waals surface area contributed by atoms with E-state index in [0.29, 0.717) is 5.92 Å². The second-order valence-corrected chi connectivity index (χ2v) is 5.83. The summed E-state index contributed by atoms with van der Waals surface area (Å²) in [6.07, 6.45) is 5.30. The summed E-state index contributed by atoms with van der Waals surface area (Å²) in [4.78, 5) is 10.3. The standard InChI is InChI=1S/C18H19N3/c1-2-7-18-16(6-1)17(11-20-18)14-8-10-21(12-14)13-15-5-3-4-9-19-15/h1-7,9,11,14,20H,8,10,12-13H2/t14-/m0/s1. The molecule has 0 radical (unpaired) electrons. The van der Waals surface area contributed by atoms with E-state index in [9.17, 15) is 0 Å². The molecule has 0 bridgehead atoms. The quantitative estimate of drug-likeness (QED) is 0.794. The molecule has 0 saturated carbocycles. The highest BCUT2D eigenvalue weighted by Crippen LogP contribution is 2.32. The lowest BCUT2D eigenvalue weighted by atomic mass is 9.98. The largest absolute Gasteiger partial charge is 0.361 e. The predicted octanol–water partition coefficient (Wildman–Crippen LogP) is 3.55. The fourth-order valence-electron chi connectivity index (χ4n) is 3.38. The summed E-state index contributed by atoms with van der Waals surface area (Å²) in [6.45, 7) is 3.23. The van der Waals surface area contributed by atoms with Crippen molar-refractivity contribution in [2.45, 2.75) is 18.9 Å². The number of benzene rings is 1. The van der Waals surface area contributed by atoms with Crippen LogP contribution in [0.25, 0.3) is 10.9 Å². The minimum absolute atomic E-state index is 0.630. The van der Waals surface area contributed by atoms with E-state index in [-0.39, 0.29) is 0 Å². The number of pyridine rings is 1. The van der Waals surface area contributed by atoms with Gasteiger partial charge in [-0.05, 0) is 42.6 Å². The van der Waals surface area contributed by atoms with Crippen LogP contribution in [0.15, 0.2) is 54.9 Å². The maximum atomic E-state index is 4.43. The van der Waals surface area contributed by atoms with E-state index in [1.807, 2.05) is 12.3 Å². The normalized spacial score (nSPS) is 19.3. The zero-order valence-electron chi connectivity index (χ0n) is 12.0. The van der Waals surface area contributed by atoms with Gasteiger partial charge in [-0.15, -0.1) is 0 Å². The van der Waals surface area contributed by atoms with Crippen molar-refractivity contribution in [2.24, 2.45) is 0 Å². The van der Waals surface area contributed by atoms with Gasteiger partial charge in [0.1, 0.15) is 0 Å². The number of nitrogens with zero attached hydrogens (tertiary/aromatic N) is 2. The smallest absolute Gasteiger partial charge is 0.0543 e. The topological polar surface area (TPSA) is 31.9 Å². The molecule has 0 spiro atoms. The molecular formula is C18H19N3. The van der Waals surface area contributed by atoms with Gasteiger partial charge < -0.3 is 4.98 Å². The molecule has 0 unspecified atom stereocenters. The van der Waals surface area contributed by atoms with Crippen LogP contribution in [0.1, 0.15) is 23.6 Å². The molecule has 0 amide bonds. The van der Waals surface area contributed by atoms with Crippen molar-refractivity contribution in [1.29, 1.82) is 0 Å². The van der Waals surface area contributed by atoms with Gasteiger partial charge in [0, 0.05) is 36.4 Å². The SMILES string of the molecule is c1ccc(CN2CC[C@H](c3c[nH]c4ccccc34)C2)nc1. The van der Waals surface area contributed by atoms with E-state index < -0.39 is 0 Å². The summed E-state index contributed by atoms with van der Waals surface area (Å²) in [5.41, 5.74) is 3.88. The van der Waals surface area contributed by atoms with Gasteiger partial charge in [-0.25, -0.2) is 0 Å². The molecule has 1 fully saturated rings. The Hall–Kier alpha value is -2.13. The second-order valence-electron chi connectivity index (χ2n) is 5.83. The first kappa shape index (κ1) is 12.6. The van der Waals surface area contributed by atoms with Crippen LogP contribution in [0.2, 0.25) is 0 Å². The van der Waals surface area contributed by atoms with E-state index in [2.05, 4.69) is 57.5 Å². The maximum Gasteiger partial charge on any atom is 0.0543 e. The van der Waals surface area contributed by atoms with E-state index in [4.69, 9.17) is 0 Å². The maximum absolute atomic E-state index is 4.43. The first-order valence-electron chi connectivity index (χ1n) is 7.58. The molecule has 1 aliphatic rings. The van der Waals surface area contributed by atoms with Gasteiger partial charge in [-0.1, -0.05) is 24.3 Å². The number of likely N-dealkylation sites (tertiary alicyclic amines) is 1. The summed E-state index contributed by atoms with van der Waals surface area (Å²) in [7, 11) is 0. The van der Waals surface area contributed by atoms with Crippen LogP contribution >= 0.6 is 0 Å². The molecule has 21 heavy (non-hydrogen) atoms. The van der Waals surface area contributed by atoms with Crippen molar-refractivity contribution in [2.75, 3.05) is 13.1 Å². The van der Waals surface area contributed by atoms with Gasteiger partial charge in [0.15, 0.2) is 0 Å². The molecule has 3 heterocycles. The van der Waals surface area contributed by atoms with Gasteiger partial charge in [0.25, 0.3) is 0 Å². The van der Waals surface area contributed by atoms with Gasteiger partial charge in [-0.3, -0.25) is 9.88 Å². The molecule has 1 N–H and O–H groups in total. The van der Waals surface area contributed by atoms with Crippen molar-refractivity contribution >= 4 is 10.9 Å². The molecule has 106 valence electrons. The summed E-state index contributed by atoms with van der Waals surface area (Å²) in [6, 6.07) is 14.7. The summed E-state index contributed by atoms with van der Waals surface area (Å²) < 4.78 is 0. The second kappa shape index (κ2) is 5.34. The Bertz CT molecular complexity index is 732. The summed E-state index contributed by atoms with van der Waals surface area (Å²) in [5.74, 6) is 0.630. The number of aromatic amines is 1. The number of para-hydroxylation sites is 1. The number of hydrogen-bond donors (Lipinski definition) is 1. The Morgan fingerprint density at radius 1 is 1.14 bits per heavy atom. The highest BCUT2D eigenvalue weighted by molar-refractivity contribution is 5.83. The Labute approximate surface area is 124 Å². The molecule has 4 rings (SSSR count). The first-order chi connectivity index (χ1) is 10.4. The zero-order valence-corrected chi connectivity index (χ0v) is 12.0. The predicted molar refractivity (Wildman–Crippen MR) is 85.2 cm³/mol. The zero-order chi connectivity index (χ0) is 14.1. The summed E-state index contributed by atoms with van der Waals surface area (Å²) >= 11 is 0. The van der Waals surface area contributed by atoms with Crippen LogP contribution in [0.5, 0.6) is 0 Å². The van der Waals surface area contributed by atoms with Crippen molar-refractivity contribution in [3.8, 4) is 0 Å². The fourth-order valence-corrected chi connectivity index (χ4v) is 3.38. The van der Waals surface area contributed by atoms with Crippen LogP contribution in [0.3, 0.4) is 0 Å². The third-order valence-corrected chi connectivity index (χ3v) is 4.45. The van der Waals surface area contributed by atoms with Crippen LogP contribution in [-0.2, 0) is 6.54 Å². The Kier molecular flexibility index (Phi) is 3.20. The lowest BCUT2D eigenvalue weighted by molar-refractivity contribution is 0.323. The fraction of sp³-hybridized carbons (Fsp3) is 0.278. The highest BCUT2D eigenvalue weighted by Gasteiger charge is 2.25. The van der Waals surface area contributed by atoms with Gasteiger partial charge >= 0.3 is 0 Å². The van der Waals surface area contributed by atoms with Crippen LogP contribution in [0, 0.1) is 0 Å². The number of hydrogen-bond acceptors (Lipinski definition) is 2. The molecule has 3 aromatic rings. The van der Waals surface area contributed by atoms with Crippen molar-refractivity contribution in [3.63, 3.8) is 0 Å². The van der Waals surface area contributed by atoms with Crippen LogP contribution in [0.4, 0.5) is 0 Å². The van der Waals surface area contributed by atoms with Gasteiger partial charge in [0.2, 0.25) is 0 Å². The first-order valence-corrected chi connectivity index (χ1v) is 7.58. The molecule has 1 aromatic carbocycles. The van der Waals surface area contributed by atoms with Crippen molar-refractivity contribution < 1.29 is 0 Å². The molecule has 0 aliphatic carbocycles. The number of rotatable bonds is 3. The molecule has 1 saturated heterocycles. The molecular weight excluding hydrogens is 258 g/mol. The minimum Gasteiger partial charge on any atom is -0.361 e. The Morgan fingerprint density at radius 3 is 2.95 bits per heavy atom. The Morgan fingerprint density at radius 2 is 2.05 bits per heavy atom.